The Labute approximate surface area is 246 Å². The van der Waals surface area contributed by atoms with E-state index in [1.807, 2.05) is 48.6 Å². The molecule has 1 aliphatic heterocycles. The first-order valence-electron chi connectivity index (χ1n) is 13.5. The summed E-state index contributed by atoms with van der Waals surface area (Å²) in [6.45, 7) is 13.2. The van der Waals surface area contributed by atoms with Crippen LogP contribution in [0.25, 0.3) is 21.4 Å². The van der Waals surface area contributed by atoms with Crippen molar-refractivity contribution in [3.63, 3.8) is 0 Å². The summed E-state index contributed by atoms with van der Waals surface area (Å²) in [5.74, 6) is -0.0723. The van der Waals surface area contributed by atoms with Gasteiger partial charge in [-0.25, -0.2) is 0 Å². The molecule has 2 aromatic carbocycles. The summed E-state index contributed by atoms with van der Waals surface area (Å²) in [5, 5.41) is 11.1. The van der Waals surface area contributed by atoms with Crippen LogP contribution in [0.3, 0.4) is 0 Å². The van der Waals surface area contributed by atoms with Crippen molar-refractivity contribution in [1.82, 2.24) is 0 Å². The molecule has 0 saturated carbocycles. The smallest absolute Gasteiger partial charge is 0.238 e. The van der Waals surface area contributed by atoms with Gasteiger partial charge in [-0.3, -0.25) is 4.79 Å². The highest BCUT2D eigenvalue weighted by atomic mass is 32.2. The lowest BCUT2D eigenvalue weighted by atomic mass is 9.84. The third-order valence-electron chi connectivity index (χ3n) is 6.85. The first-order chi connectivity index (χ1) is 18.9. The molecule has 0 bridgehead atoms. The predicted molar refractivity (Wildman–Crippen MR) is 173 cm³/mol. The topological polar surface area (TPSA) is 37.3 Å². The van der Waals surface area contributed by atoms with E-state index in [1.54, 1.807) is 23.1 Å². The van der Waals surface area contributed by atoms with Gasteiger partial charge in [-0.1, -0.05) is 102 Å². The van der Waals surface area contributed by atoms with Crippen molar-refractivity contribution >= 4 is 39.9 Å². The second-order valence-electron chi connectivity index (χ2n) is 12.3. The molecular formula is C36H35O2S2+. The quantitative estimate of drug-likeness (QED) is 0.253. The highest BCUT2D eigenvalue weighted by Crippen LogP contribution is 2.47. The van der Waals surface area contributed by atoms with Crippen molar-refractivity contribution in [3.05, 3.63) is 134 Å². The Morgan fingerprint density at radius 2 is 1.40 bits per heavy atom. The van der Waals surface area contributed by atoms with Crippen molar-refractivity contribution in [2.75, 3.05) is 0 Å². The molecule has 0 amide bonds. The molecule has 0 unspecified atom stereocenters. The lowest BCUT2D eigenvalue weighted by Gasteiger charge is -2.27. The van der Waals surface area contributed by atoms with Crippen molar-refractivity contribution in [2.24, 2.45) is 5.41 Å². The van der Waals surface area contributed by atoms with E-state index < -0.39 is 0 Å². The summed E-state index contributed by atoms with van der Waals surface area (Å²) >= 11 is 3.52. The molecule has 3 aromatic rings. The van der Waals surface area contributed by atoms with E-state index in [0.717, 1.165) is 32.0 Å². The molecule has 1 aromatic heterocycles. The van der Waals surface area contributed by atoms with Gasteiger partial charge < -0.3 is 5.11 Å². The van der Waals surface area contributed by atoms with Crippen LogP contribution in [0.4, 0.5) is 0 Å². The maximum absolute atomic E-state index is 13.3. The van der Waals surface area contributed by atoms with Crippen LogP contribution in [0.15, 0.2) is 118 Å². The number of aliphatic hydroxyl groups is 1. The summed E-state index contributed by atoms with van der Waals surface area (Å²) in [5.41, 5.74) is 4.75. The summed E-state index contributed by atoms with van der Waals surface area (Å²) in [4.78, 5) is 18.0. The Kier molecular flexibility index (Phi) is 7.60. The van der Waals surface area contributed by atoms with Gasteiger partial charge in [0.1, 0.15) is 5.76 Å². The van der Waals surface area contributed by atoms with Crippen LogP contribution in [0.5, 0.6) is 0 Å². The van der Waals surface area contributed by atoms with Gasteiger partial charge in [0.05, 0.1) is 11.1 Å². The van der Waals surface area contributed by atoms with Crippen LogP contribution in [0.1, 0.15) is 57.5 Å². The number of carbonyl (C=O) groups is 1. The predicted octanol–water partition coefficient (Wildman–Crippen LogP) is 10.4. The van der Waals surface area contributed by atoms with Crippen molar-refractivity contribution in [3.8, 4) is 10.4 Å². The number of hydrogen-bond acceptors (Lipinski definition) is 3. The fourth-order valence-corrected chi connectivity index (χ4v) is 6.86. The number of aliphatic hydroxyl groups excluding tert-OH is 1. The van der Waals surface area contributed by atoms with E-state index in [1.165, 1.54) is 9.78 Å². The molecule has 0 fully saturated rings. The van der Waals surface area contributed by atoms with Gasteiger partial charge in [-0.05, 0) is 63.5 Å². The molecule has 0 atom stereocenters. The van der Waals surface area contributed by atoms with Gasteiger partial charge in [0, 0.05) is 28.0 Å². The van der Waals surface area contributed by atoms with E-state index in [0.29, 0.717) is 11.1 Å². The monoisotopic (exact) mass is 563 g/mol. The molecule has 1 aliphatic carbocycles. The highest BCUT2D eigenvalue weighted by Gasteiger charge is 2.34. The van der Waals surface area contributed by atoms with E-state index in [2.05, 4.69) is 90.1 Å². The Bertz CT molecular complexity index is 1620. The van der Waals surface area contributed by atoms with Gasteiger partial charge in [-0.15, -0.1) is 0 Å². The average Bonchev–Trinajstić information content (AvgIpc) is 2.94. The van der Waals surface area contributed by atoms with E-state index >= 15 is 0 Å². The zero-order valence-corrected chi connectivity index (χ0v) is 25.5. The Balaban J connectivity index is 1.54. The number of thioether (sulfide) groups is 1. The molecule has 5 rings (SSSR count). The van der Waals surface area contributed by atoms with Gasteiger partial charge >= 0.3 is 0 Å². The number of carbonyl (C=O) groups excluding carboxylic acids is 1. The molecular weight excluding hydrogens is 529 g/mol. The zero-order valence-electron chi connectivity index (χ0n) is 23.9. The van der Waals surface area contributed by atoms with Crippen LogP contribution in [-0.2, 0) is 10.2 Å². The zero-order chi connectivity index (χ0) is 28.7. The molecule has 1 N–H and O–H groups in total. The van der Waals surface area contributed by atoms with Gasteiger partial charge in [-0.2, -0.15) is 0 Å². The molecule has 0 radical (unpaired) electrons. The number of Topliss-reactive ketones (excluding diaryl/α,β-unsaturated/α-hetero) is 1. The summed E-state index contributed by atoms with van der Waals surface area (Å²) in [7, 11) is 0. The normalized spacial score (nSPS) is 18.1. The van der Waals surface area contributed by atoms with Gasteiger partial charge in [0.2, 0.25) is 26.9 Å². The standard InChI is InChI=1S/C36H34O2S2/c1-35(2,3)31-21-23(19-29(39-31)25-13-9-7-10-14-25)17-27-33(37)28(34(27)38)18-24-20-30(26-15-11-8-12-16-26)40-32(22-24)36(4,5)6/h7-22H,1-6H3/p+1. The Morgan fingerprint density at radius 3 is 1.98 bits per heavy atom. The lowest BCUT2D eigenvalue weighted by Crippen LogP contribution is -2.21. The third-order valence-corrected chi connectivity index (χ3v) is 9.89. The summed E-state index contributed by atoms with van der Waals surface area (Å²) in [6.07, 6.45) is 7.89. The minimum absolute atomic E-state index is 0.0430. The minimum atomic E-state index is -0.130. The van der Waals surface area contributed by atoms with Crippen molar-refractivity contribution in [2.45, 2.75) is 47.0 Å². The Hall–Kier alpha value is -3.47. The summed E-state index contributed by atoms with van der Waals surface area (Å²) in [6, 6.07) is 24.8. The van der Waals surface area contributed by atoms with Crippen molar-refractivity contribution in [1.29, 1.82) is 0 Å². The molecule has 2 nitrogen and oxygen atoms in total. The van der Waals surface area contributed by atoms with Crippen molar-refractivity contribution < 1.29 is 9.90 Å². The molecule has 2 aliphatic rings. The maximum atomic E-state index is 13.3. The molecule has 0 spiro atoms. The van der Waals surface area contributed by atoms with Gasteiger partial charge in [0.15, 0.2) is 0 Å². The van der Waals surface area contributed by atoms with Crippen LogP contribution in [-0.4, -0.2) is 10.9 Å². The van der Waals surface area contributed by atoms with Crippen LogP contribution < -0.4 is 0 Å². The third kappa shape index (κ3) is 5.99. The van der Waals surface area contributed by atoms with E-state index in [9.17, 15) is 9.90 Å². The lowest BCUT2D eigenvalue weighted by molar-refractivity contribution is -0.113. The average molecular weight is 564 g/mol. The second kappa shape index (κ2) is 10.8. The number of allylic oxidation sites excluding steroid dienone is 7. The summed E-state index contributed by atoms with van der Waals surface area (Å²) < 4.78 is 0. The number of ketones is 1. The number of hydrogen-bond donors (Lipinski definition) is 1. The SMILES string of the molecule is CC(C)(C)C1=CC(=CC2=C(O)C(=Cc3cc(-c4ccccc4)[s+]c(C(C)(C)C)c3)C2=O)C=C(c2ccccc2)S1. The molecule has 2 heterocycles. The maximum Gasteiger partial charge on any atom is 0.238 e. The van der Waals surface area contributed by atoms with Gasteiger partial charge in [0.25, 0.3) is 0 Å². The van der Waals surface area contributed by atoms with Crippen LogP contribution >= 0.6 is 23.1 Å². The fourth-order valence-electron chi connectivity index (χ4n) is 4.48. The fraction of sp³-hybridized carbons (Fsp3) is 0.222. The molecule has 40 heavy (non-hydrogen) atoms. The van der Waals surface area contributed by atoms with E-state index in [4.69, 9.17) is 0 Å². The van der Waals surface area contributed by atoms with E-state index in [-0.39, 0.29) is 22.4 Å². The second-order valence-corrected chi connectivity index (χ2v) is 14.4. The largest absolute Gasteiger partial charge is 0.506 e. The minimum Gasteiger partial charge on any atom is -0.506 e. The first-order valence-corrected chi connectivity index (χ1v) is 15.2. The highest BCUT2D eigenvalue weighted by molar-refractivity contribution is 8.11. The molecule has 202 valence electrons. The Morgan fingerprint density at radius 1 is 0.775 bits per heavy atom. The number of benzene rings is 2. The molecule has 4 heteroatoms. The first kappa shape index (κ1) is 28.1. The van der Waals surface area contributed by atoms with Crippen LogP contribution in [0.2, 0.25) is 0 Å². The van der Waals surface area contributed by atoms with Crippen LogP contribution in [0, 0.1) is 5.41 Å². The molecule has 0 saturated heterocycles. The number of rotatable bonds is 4.